The summed E-state index contributed by atoms with van der Waals surface area (Å²) >= 11 is 1.43. The number of nitro groups is 1. The lowest BCUT2D eigenvalue weighted by Gasteiger charge is -2.15. The Morgan fingerprint density at radius 3 is 2.28 bits per heavy atom. The van der Waals surface area contributed by atoms with Crippen molar-refractivity contribution in [2.24, 2.45) is 0 Å². The summed E-state index contributed by atoms with van der Waals surface area (Å²) in [4.78, 5) is 51.1. The number of aryl methyl sites for hydroxylation is 1. The summed E-state index contributed by atoms with van der Waals surface area (Å²) < 4.78 is 1.90. The van der Waals surface area contributed by atoms with Gasteiger partial charge in [0.05, 0.1) is 16.2 Å². The fourth-order valence-electron chi connectivity index (χ4n) is 5.62. The van der Waals surface area contributed by atoms with Gasteiger partial charge in [-0.1, -0.05) is 36.4 Å². The van der Waals surface area contributed by atoms with Gasteiger partial charge in [-0.3, -0.25) is 29.1 Å². The van der Waals surface area contributed by atoms with Crippen molar-refractivity contribution < 1.29 is 19.3 Å². The molecule has 0 aliphatic heterocycles. The van der Waals surface area contributed by atoms with Crippen LogP contribution in [-0.4, -0.2) is 33.0 Å². The maximum absolute atomic E-state index is 13.5. The van der Waals surface area contributed by atoms with Gasteiger partial charge in [0.2, 0.25) is 5.91 Å². The molecule has 230 valence electrons. The monoisotopic (exact) mass is 630 g/mol. The zero-order chi connectivity index (χ0) is 32.0. The molecule has 0 radical (unpaired) electrons. The second-order valence-electron chi connectivity index (χ2n) is 10.9. The molecule has 2 amide bonds. The third kappa shape index (κ3) is 6.77. The van der Waals surface area contributed by atoms with Crippen LogP contribution in [0.4, 0.5) is 11.4 Å². The van der Waals surface area contributed by atoms with E-state index in [2.05, 4.69) is 16.7 Å². The van der Waals surface area contributed by atoms with E-state index in [0.717, 1.165) is 47.2 Å². The number of hydrogen-bond donors (Lipinski definition) is 2. The Morgan fingerprint density at radius 2 is 1.54 bits per heavy atom. The average molecular weight is 631 g/mol. The fraction of sp³-hybridized carbons (Fsp3) is 0.139. The van der Waals surface area contributed by atoms with Crippen molar-refractivity contribution in [2.45, 2.75) is 30.6 Å². The molecule has 5 aromatic rings. The Balaban J connectivity index is 1.15. The van der Waals surface area contributed by atoms with Crippen LogP contribution in [0, 0.1) is 10.1 Å². The number of carbonyl (C=O) groups is 3. The van der Waals surface area contributed by atoms with E-state index < -0.39 is 16.7 Å². The number of nitrogens with zero attached hydrogens (tertiary/aromatic N) is 2. The fourth-order valence-corrected chi connectivity index (χ4v) is 6.37. The summed E-state index contributed by atoms with van der Waals surface area (Å²) in [5.74, 6) is -0.735. The molecule has 0 fully saturated rings. The van der Waals surface area contributed by atoms with Crippen molar-refractivity contribution in [1.82, 2.24) is 9.88 Å². The minimum absolute atomic E-state index is 0.0333. The minimum Gasteiger partial charge on any atom is -0.321 e. The van der Waals surface area contributed by atoms with Crippen molar-refractivity contribution in [1.29, 1.82) is 0 Å². The van der Waals surface area contributed by atoms with Crippen molar-refractivity contribution in [3.05, 3.63) is 141 Å². The molecule has 0 saturated carbocycles. The van der Waals surface area contributed by atoms with Gasteiger partial charge >= 0.3 is 0 Å². The lowest BCUT2D eigenvalue weighted by molar-refractivity contribution is -0.384. The van der Waals surface area contributed by atoms with Crippen LogP contribution in [0.2, 0.25) is 0 Å². The Labute approximate surface area is 269 Å². The molecule has 0 bridgehead atoms. The van der Waals surface area contributed by atoms with Crippen LogP contribution >= 0.6 is 11.8 Å². The maximum atomic E-state index is 13.5. The van der Waals surface area contributed by atoms with Crippen LogP contribution in [-0.2, 0) is 17.6 Å². The SMILES string of the molecule is O=C(Nc1ccc(SCC(=O)n2c3c(c4ccccc42)CCCC3)cc1)/C(=C/c1ccc([N+](=O)[O-])cc1)NC(=O)c1ccccc1. The summed E-state index contributed by atoms with van der Waals surface area (Å²) in [7, 11) is 0. The number of aromatic nitrogens is 1. The van der Waals surface area contributed by atoms with Gasteiger partial charge in [-0.05, 0) is 97.5 Å². The molecule has 9 nitrogen and oxygen atoms in total. The molecule has 1 aliphatic rings. The summed E-state index contributed by atoms with van der Waals surface area (Å²) in [5.41, 5.74) is 4.64. The number of anilines is 1. The summed E-state index contributed by atoms with van der Waals surface area (Å²) in [6.45, 7) is 0. The number of benzene rings is 4. The van der Waals surface area contributed by atoms with E-state index >= 15 is 0 Å². The highest BCUT2D eigenvalue weighted by molar-refractivity contribution is 8.00. The van der Waals surface area contributed by atoms with Crippen LogP contribution in [0.3, 0.4) is 0 Å². The molecular formula is C36H30N4O5S. The largest absolute Gasteiger partial charge is 0.321 e. The highest BCUT2D eigenvalue weighted by Crippen LogP contribution is 2.33. The predicted molar refractivity (Wildman–Crippen MR) is 180 cm³/mol. The maximum Gasteiger partial charge on any atom is 0.272 e. The second-order valence-corrected chi connectivity index (χ2v) is 11.9. The van der Waals surface area contributed by atoms with E-state index in [0.29, 0.717) is 16.8 Å². The van der Waals surface area contributed by atoms with Gasteiger partial charge in [0.15, 0.2) is 0 Å². The van der Waals surface area contributed by atoms with Crippen molar-refractivity contribution in [3.63, 3.8) is 0 Å². The van der Waals surface area contributed by atoms with Crippen LogP contribution < -0.4 is 10.6 Å². The van der Waals surface area contributed by atoms with E-state index in [-0.39, 0.29) is 23.0 Å². The Bertz CT molecular complexity index is 1970. The summed E-state index contributed by atoms with van der Waals surface area (Å²) in [6, 6.07) is 29.4. The summed E-state index contributed by atoms with van der Waals surface area (Å²) in [6.07, 6.45) is 5.58. The van der Waals surface area contributed by atoms with E-state index in [4.69, 9.17) is 0 Å². The van der Waals surface area contributed by atoms with E-state index in [1.165, 1.54) is 47.7 Å². The van der Waals surface area contributed by atoms with Crippen LogP contribution in [0.1, 0.15) is 44.8 Å². The molecule has 1 heterocycles. The van der Waals surface area contributed by atoms with Crippen LogP contribution in [0.25, 0.3) is 17.0 Å². The van der Waals surface area contributed by atoms with Gasteiger partial charge in [0, 0.05) is 39.4 Å². The van der Waals surface area contributed by atoms with Gasteiger partial charge in [-0.2, -0.15) is 0 Å². The quantitative estimate of drug-likeness (QED) is 0.0764. The van der Waals surface area contributed by atoms with Crippen molar-refractivity contribution in [2.75, 3.05) is 11.1 Å². The number of rotatable bonds is 9. The topological polar surface area (TPSA) is 123 Å². The number of nitrogens with one attached hydrogen (secondary N) is 2. The average Bonchev–Trinajstić information content (AvgIpc) is 3.42. The predicted octanol–water partition coefficient (Wildman–Crippen LogP) is 7.27. The smallest absolute Gasteiger partial charge is 0.272 e. The van der Waals surface area contributed by atoms with Gasteiger partial charge in [-0.15, -0.1) is 11.8 Å². The molecule has 0 atom stereocenters. The third-order valence-corrected chi connectivity index (χ3v) is 8.84. The first-order chi connectivity index (χ1) is 22.4. The normalized spacial score (nSPS) is 12.7. The van der Waals surface area contributed by atoms with Crippen LogP contribution in [0.15, 0.2) is 114 Å². The van der Waals surface area contributed by atoms with Gasteiger partial charge in [0.1, 0.15) is 5.70 Å². The lowest BCUT2D eigenvalue weighted by atomic mass is 9.96. The van der Waals surface area contributed by atoms with E-state index in [1.54, 1.807) is 42.5 Å². The highest BCUT2D eigenvalue weighted by Gasteiger charge is 2.23. The zero-order valence-electron chi connectivity index (χ0n) is 24.8. The zero-order valence-corrected chi connectivity index (χ0v) is 25.6. The van der Waals surface area contributed by atoms with E-state index in [9.17, 15) is 24.5 Å². The lowest BCUT2D eigenvalue weighted by Crippen LogP contribution is -2.30. The van der Waals surface area contributed by atoms with Gasteiger partial charge in [0.25, 0.3) is 17.5 Å². The molecule has 0 saturated heterocycles. The first kappa shape index (κ1) is 30.5. The van der Waals surface area contributed by atoms with Crippen molar-refractivity contribution in [3.8, 4) is 0 Å². The molecule has 1 aliphatic carbocycles. The highest BCUT2D eigenvalue weighted by atomic mass is 32.2. The number of nitro benzene ring substituents is 1. The Morgan fingerprint density at radius 1 is 0.848 bits per heavy atom. The number of non-ortho nitro benzene ring substituents is 1. The number of fused-ring (bicyclic) bond motifs is 3. The van der Waals surface area contributed by atoms with Gasteiger partial charge < -0.3 is 10.6 Å². The molecule has 0 unspecified atom stereocenters. The van der Waals surface area contributed by atoms with Gasteiger partial charge in [-0.25, -0.2) is 0 Å². The van der Waals surface area contributed by atoms with Crippen LogP contribution in [0.5, 0.6) is 0 Å². The Kier molecular flexibility index (Phi) is 9.07. The summed E-state index contributed by atoms with van der Waals surface area (Å²) in [5, 5.41) is 17.7. The van der Waals surface area contributed by atoms with Crippen molar-refractivity contribution >= 4 is 57.8 Å². The molecule has 4 aromatic carbocycles. The standard InChI is InChI=1S/C36H30N4O5S/c41-34(39-32-12-6-4-10-29(32)30-11-5-7-13-33(30)39)23-46-28-20-16-26(17-21-28)37-36(43)31(38-35(42)25-8-2-1-3-9-25)22-24-14-18-27(19-15-24)40(44)45/h1-4,6,8-10,12,14-22H,5,7,11,13,23H2,(H,37,43)(H,38,42)/b31-22-. The number of carbonyl (C=O) groups excluding carboxylic acids is 3. The third-order valence-electron chi connectivity index (χ3n) is 7.85. The number of amides is 2. The Hall–Kier alpha value is -5.48. The molecule has 46 heavy (non-hydrogen) atoms. The molecular weight excluding hydrogens is 600 g/mol. The molecule has 10 heteroatoms. The molecule has 1 aromatic heterocycles. The number of hydrogen-bond acceptors (Lipinski definition) is 6. The van der Waals surface area contributed by atoms with E-state index in [1.807, 2.05) is 34.9 Å². The molecule has 0 spiro atoms. The first-order valence-electron chi connectivity index (χ1n) is 14.9. The number of para-hydroxylation sites is 1. The number of thioether (sulfide) groups is 1. The second kappa shape index (κ2) is 13.7. The minimum atomic E-state index is -0.567. The first-order valence-corrected chi connectivity index (χ1v) is 15.9. The molecule has 6 rings (SSSR count). The molecule has 2 N–H and O–H groups in total.